The summed E-state index contributed by atoms with van der Waals surface area (Å²) in [6.07, 6.45) is 43.6. The standard InChI is InChI=1S/C48H89NO7/c1-6-8-10-12-14-16-18-20-22-23-25-26-28-30-32-34-36-38-46(50)55-43-44(42-54-41-40-45(48(52)53)49(3,4)5)56-47(51)39-37-35-33-31-29-27-24-21-19-17-15-13-11-9-7-2/h15,17,19,21,44-45H,6-14,16,18,20,22-43H2,1-5H3/p+1/b17-15+,21-19+. The zero-order valence-electron chi connectivity index (χ0n) is 37.3. The van der Waals surface area contributed by atoms with Crippen LogP contribution in [0.15, 0.2) is 24.3 Å². The summed E-state index contributed by atoms with van der Waals surface area (Å²) in [4.78, 5) is 37.0. The Kier molecular flexibility index (Phi) is 38.1. The lowest BCUT2D eigenvalue weighted by molar-refractivity contribution is -0.887. The zero-order chi connectivity index (χ0) is 41.4. The number of rotatable bonds is 42. The fourth-order valence-electron chi connectivity index (χ4n) is 6.97. The molecule has 0 saturated carbocycles. The van der Waals surface area contributed by atoms with Crippen LogP contribution in [0.4, 0.5) is 0 Å². The number of carbonyl (C=O) groups is 3. The number of quaternary nitrogens is 1. The van der Waals surface area contributed by atoms with Crippen molar-refractivity contribution in [2.45, 2.75) is 225 Å². The van der Waals surface area contributed by atoms with Gasteiger partial charge < -0.3 is 23.8 Å². The van der Waals surface area contributed by atoms with E-state index in [4.69, 9.17) is 14.2 Å². The third-order valence-corrected chi connectivity index (χ3v) is 10.6. The van der Waals surface area contributed by atoms with Gasteiger partial charge in [0.1, 0.15) is 6.61 Å². The molecule has 0 aromatic heterocycles. The molecule has 2 atom stereocenters. The number of hydrogen-bond donors (Lipinski definition) is 1. The molecule has 328 valence electrons. The van der Waals surface area contributed by atoms with Gasteiger partial charge in [-0.3, -0.25) is 9.59 Å². The van der Waals surface area contributed by atoms with Crippen LogP contribution in [0.2, 0.25) is 0 Å². The zero-order valence-corrected chi connectivity index (χ0v) is 37.3. The van der Waals surface area contributed by atoms with E-state index in [0.29, 0.717) is 19.3 Å². The van der Waals surface area contributed by atoms with Gasteiger partial charge in [-0.1, -0.05) is 179 Å². The van der Waals surface area contributed by atoms with Gasteiger partial charge in [-0.15, -0.1) is 0 Å². The van der Waals surface area contributed by atoms with Gasteiger partial charge in [0, 0.05) is 19.3 Å². The molecule has 0 rings (SSSR count). The van der Waals surface area contributed by atoms with Crippen LogP contribution in [0.5, 0.6) is 0 Å². The van der Waals surface area contributed by atoms with Crippen LogP contribution >= 0.6 is 0 Å². The average molecular weight is 793 g/mol. The van der Waals surface area contributed by atoms with E-state index in [-0.39, 0.29) is 36.2 Å². The summed E-state index contributed by atoms with van der Waals surface area (Å²) in [7, 11) is 5.53. The molecule has 0 spiro atoms. The van der Waals surface area contributed by atoms with Crippen molar-refractivity contribution in [3.63, 3.8) is 0 Å². The fourth-order valence-corrected chi connectivity index (χ4v) is 6.97. The van der Waals surface area contributed by atoms with E-state index in [1.807, 2.05) is 21.1 Å². The van der Waals surface area contributed by atoms with Crippen LogP contribution in [0.3, 0.4) is 0 Å². The summed E-state index contributed by atoms with van der Waals surface area (Å²) in [6.45, 7) is 4.72. The number of unbranched alkanes of at least 4 members (excludes halogenated alkanes) is 25. The number of likely N-dealkylation sites (N-methyl/N-ethyl adjacent to an activating group) is 1. The van der Waals surface area contributed by atoms with Crippen molar-refractivity contribution in [3.8, 4) is 0 Å². The molecule has 2 unspecified atom stereocenters. The second-order valence-electron chi connectivity index (χ2n) is 17.0. The number of carbonyl (C=O) groups excluding carboxylic acids is 2. The predicted octanol–water partition coefficient (Wildman–Crippen LogP) is 12.9. The maximum Gasteiger partial charge on any atom is 0.362 e. The van der Waals surface area contributed by atoms with Crippen molar-refractivity contribution in [2.75, 3.05) is 41.0 Å². The maximum atomic E-state index is 12.7. The third-order valence-electron chi connectivity index (χ3n) is 10.6. The van der Waals surface area contributed by atoms with Crippen LogP contribution in [0.25, 0.3) is 0 Å². The van der Waals surface area contributed by atoms with Gasteiger partial charge in [0.15, 0.2) is 12.1 Å². The summed E-state index contributed by atoms with van der Waals surface area (Å²) in [5.74, 6) is -1.47. The van der Waals surface area contributed by atoms with E-state index in [0.717, 1.165) is 51.4 Å². The molecule has 8 nitrogen and oxygen atoms in total. The smallest absolute Gasteiger partial charge is 0.362 e. The Balaban J connectivity index is 4.30. The number of allylic oxidation sites excluding steroid dienone is 4. The van der Waals surface area contributed by atoms with E-state index in [9.17, 15) is 19.5 Å². The van der Waals surface area contributed by atoms with E-state index in [2.05, 4.69) is 38.2 Å². The summed E-state index contributed by atoms with van der Waals surface area (Å²) in [6, 6.07) is -0.614. The number of carboxylic acid groups (broad SMARTS) is 1. The molecule has 0 aliphatic rings. The largest absolute Gasteiger partial charge is 0.477 e. The Morgan fingerprint density at radius 2 is 0.929 bits per heavy atom. The summed E-state index contributed by atoms with van der Waals surface area (Å²) in [5, 5.41) is 9.62. The van der Waals surface area contributed by atoms with Gasteiger partial charge in [0.2, 0.25) is 0 Å². The van der Waals surface area contributed by atoms with Crippen molar-refractivity contribution in [1.29, 1.82) is 0 Å². The Morgan fingerprint density at radius 3 is 1.38 bits per heavy atom. The SMILES string of the molecule is CCCCC/C=C/C=C/CCCCCCCCC(=O)OC(COCCC(C(=O)O)[N+](C)(C)C)COC(=O)CCCCCCCCCCCCCCCCCCC. The molecule has 0 amide bonds. The van der Waals surface area contributed by atoms with Crippen LogP contribution in [-0.2, 0) is 28.6 Å². The quantitative estimate of drug-likeness (QED) is 0.0284. The normalized spacial score (nSPS) is 13.1. The molecule has 0 aliphatic carbocycles. The molecule has 0 saturated heterocycles. The highest BCUT2D eigenvalue weighted by Gasteiger charge is 2.31. The highest BCUT2D eigenvalue weighted by molar-refractivity contribution is 5.72. The van der Waals surface area contributed by atoms with Crippen LogP contribution < -0.4 is 0 Å². The maximum absolute atomic E-state index is 12.7. The minimum absolute atomic E-state index is 0.0513. The van der Waals surface area contributed by atoms with Crippen molar-refractivity contribution in [2.24, 2.45) is 0 Å². The van der Waals surface area contributed by atoms with Crippen molar-refractivity contribution >= 4 is 17.9 Å². The van der Waals surface area contributed by atoms with E-state index >= 15 is 0 Å². The molecule has 0 aromatic carbocycles. The first-order valence-electron chi connectivity index (χ1n) is 23.4. The van der Waals surface area contributed by atoms with Crippen LogP contribution in [0.1, 0.15) is 213 Å². The van der Waals surface area contributed by atoms with E-state index in [1.165, 1.54) is 128 Å². The van der Waals surface area contributed by atoms with Gasteiger partial charge in [-0.05, 0) is 38.5 Å². The Hall–Kier alpha value is -2.19. The first-order chi connectivity index (χ1) is 27.1. The first kappa shape index (κ1) is 53.8. The van der Waals surface area contributed by atoms with Crippen molar-refractivity contribution < 1.29 is 38.2 Å². The average Bonchev–Trinajstić information content (AvgIpc) is 3.15. The second kappa shape index (κ2) is 39.6. The second-order valence-corrected chi connectivity index (χ2v) is 17.0. The molecule has 0 aromatic rings. The van der Waals surface area contributed by atoms with E-state index < -0.39 is 18.1 Å². The fraction of sp³-hybridized carbons (Fsp3) is 0.854. The Labute approximate surface area is 345 Å². The molecule has 0 fully saturated rings. The Morgan fingerprint density at radius 1 is 0.536 bits per heavy atom. The lowest BCUT2D eigenvalue weighted by Gasteiger charge is -2.31. The molecule has 0 radical (unpaired) electrons. The van der Waals surface area contributed by atoms with Crippen LogP contribution in [-0.4, -0.2) is 80.6 Å². The topological polar surface area (TPSA) is 99.1 Å². The predicted molar refractivity (Wildman–Crippen MR) is 234 cm³/mol. The molecule has 0 heterocycles. The number of aliphatic carboxylic acids is 1. The van der Waals surface area contributed by atoms with Crippen molar-refractivity contribution in [1.82, 2.24) is 0 Å². The van der Waals surface area contributed by atoms with Gasteiger partial charge in [-0.2, -0.15) is 0 Å². The van der Waals surface area contributed by atoms with Gasteiger partial charge >= 0.3 is 17.9 Å². The summed E-state index contributed by atoms with van der Waals surface area (Å²) < 4.78 is 17.3. The molecule has 1 N–H and O–H groups in total. The molecule has 8 heteroatoms. The monoisotopic (exact) mass is 793 g/mol. The lowest BCUT2D eigenvalue weighted by atomic mass is 10.0. The molecule has 0 bridgehead atoms. The number of hydrogen-bond acceptors (Lipinski definition) is 6. The minimum atomic E-state index is -0.875. The lowest BCUT2D eigenvalue weighted by Crippen LogP contribution is -2.50. The molecule has 56 heavy (non-hydrogen) atoms. The highest BCUT2D eigenvalue weighted by Crippen LogP contribution is 2.16. The van der Waals surface area contributed by atoms with Crippen molar-refractivity contribution in [3.05, 3.63) is 24.3 Å². The van der Waals surface area contributed by atoms with E-state index in [1.54, 1.807) is 0 Å². The minimum Gasteiger partial charge on any atom is -0.477 e. The molecular formula is C48H90NO7+. The number of esters is 2. The first-order valence-corrected chi connectivity index (χ1v) is 23.4. The number of ether oxygens (including phenoxy) is 3. The van der Waals surface area contributed by atoms with Gasteiger partial charge in [0.25, 0.3) is 0 Å². The van der Waals surface area contributed by atoms with Gasteiger partial charge in [-0.25, -0.2) is 4.79 Å². The number of nitrogens with zero attached hydrogens (tertiary/aromatic N) is 1. The van der Waals surface area contributed by atoms with Gasteiger partial charge in [0.05, 0.1) is 34.4 Å². The van der Waals surface area contributed by atoms with Crippen LogP contribution in [0, 0.1) is 0 Å². The Bertz CT molecular complexity index is 973. The summed E-state index contributed by atoms with van der Waals surface area (Å²) in [5.41, 5.74) is 0. The highest BCUT2D eigenvalue weighted by atomic mass is 16.6. The third kappa shape index (κ3) is 37.4. The number of carboxylic acids is 1. The summed E-state index contributed by atoms with van der Waals surface area (Å²) >= 11 is 0. The molecule has 0 aliphatic heterocycles. The molecular weight excluding hydrogens is 703 g/mol.